The molecule has 1 N–H and O–H groups in total. The molecule has 10 heteroatoms. The maximum Gasteiger partial charge on any atom is 0.311 e. The van der Waals surface area contributed by atoms with Crippen LogP contribution in [0.4, 0.5) is 5.69 Å². The minimum atomic E-state index is -0.818. The van der Waals surface area contributed by atoms with E-state index < -0.39 is 23.5 Å². The molecule has 9 nitrogen and oxygen atoms in total. The van der Waals surface area contributed by atoms with E-state index in [0.717, 1.165) is 31.2 Å². The number of hydrogen-bond donors (Lipinski definition) is 1. The predicted octanol–water partition coefficient (Wildman–Crippen LogP) is 5.33. The monoisotopic (exact) mass is 565 g/mol. The van der Waals surface area contributed by atoms with Crippen molar-refractivity contribution in [1.82, 2.24) is 10.2 Å². The van der Waals surface area contributed by atoms with Gasteiger partial charge in [-0.2, -0.15) is 0 Å². The molecule has 4 rings (SSSR count). The summed E-state index contributed by atoms with van der Waals surface area (Å²) in [5.74, 6) is -0.419. The van der Waals surface area contributed by atoms with Gasteiger partial charge >= 0.3 is 5.69 Å². The predicted molar refractivity (Wildman–Crippen MR) is 151 cm³/mol. The molecule has 0 aromatic heterocycles. The van der Waals surface area contributed by atoms with E-state index in [1.54, 1.807) is 12.1 Å². The number of ether oxygens (including phenoxy) is 2. The number of amides is 2. The van der Waals surface area contributed by atoms with Crippen LogP contribution in [-0.2, 0) is 22.6 Å². The lowest BCUT2D eigenvalue weighted by Crippen LogP contribution is -2.53. The molecule has 40 heavy (non-hydrogen) atoms. The van der Waals surface area contributed by atoms with Gasteiger partial charge in [-0.3, -0.25) is 19.7 Å². The summed E-state index contributed by atoms with van der Waals surface area (Å²) in [4.78, 5) is 39.7. The van der Waals surface area contributed by atoms with E-state index in [0.29, 0.717) is 17.0 Å². The van der Waals surface area contributed by atoms with Crippen LogP contribution in [0, 0.1) is 10.1 Å². The van der Waals surface area contributed by atoms with Crippen molar-refractivity contribution in [3.05, 3.63) is 99.1 Å². The quantitative estimate of drug-likeness (QED) is 0.234. The summed E-state index contributed by atoms with van der Waals surface area (Å²) in [5, 5.41) is 14.9. The molecule has 1 fully saturated rings. The van der Waals surface area contributed by atoms with Crippen molar-refractivity contribution in [2.75, 3.05) is 13.7 Å². The van der Waals surface area contributed by atoms with Crippen LogP contribution in [0.1, 0.15) is 36.8 Å². The van der Waals surface area contributed by atoms with Gasteiger partial charge in [0.1, 0.15) is 11.8 Å². The molecule has 1 atom stereocenters. The third-order valence-electron chi connectivity index (χ3n) is 6.98. The Morgan fingerprint density at radius 2 is 1.77 bits per heavy atom. The lowest BCUT2D eigenvalue weighted by atomic mass is 10.0. The zero-order valence-electron chi connectivity index (χ0n) is 22.3. The molecule has 3 aromatic carbocycles. The highest BCUT2D eigenvalue weighted by atomic mass is 35.5. The van der Waals surface area contributed by atoms with E-state index in [2.05, 4.69) is 5.32 Å². The van der Waals surface area contributed by atoms with Crippen molar-refractivity contribution in [1.29, 1.82) is 0 Å². The number of carbonyl (C=O) groups is 2. The molecule has 210 valence electrons. The standard InChI is InChI=1S/C30H32ClN3O6/c1-39-28-18-24(15-16-26(28)34(37)38)40-20-29(35)33(19-22-11-5-8-14-25(22)31)27(17-21-9-3-2-4-10-21)30(36)32-23-12-6-7-13-23/h2-5,8-11,14-16,18,23,27H,6-7,12-13,17,19-20H2,1H3,(H,32,36)/t27-/m1/s1. The van der Waals surface area contributed by atoms with Crippen molar-refractivity contribution in [3.8, 4) is 11.5 Å². The summed E-state index contributed by atoms with van der Waals surface area (Å²) in [6.45, 7) is -0.297. The van der Waals surface area contributed by atoms with E-state index >= 15 is 0 Å². The minimum Gasteiger partial charge on any atom is -0.490 e. The van der Waals surface area contributed by atoms with Crippen molar-refractivity contribution in [2.24, 2.45) is 0 Å². The highest BCUT2D eigenvalue weighted by molar-refractivity contribution is 6.31. The molecule has 2 amide bonds. The molecule has 0 spiro atoms. The summed E-state index contributed by atoms with van der Waals surface area (Å²) in [6, 6.07) is 20.0. The first-order valence-electron chi connectivity index (χ1n) is 13.2. The first kappa shape index (κ1) is 28.9. The van der Waals surface area contributed by atoms with Gasteiger partial charge in [-0.05, 0) is 36.1 Å². The SMILES string of the molecule is COc1cc(OCC(=O)N(Cc2ccccc2Cl)[C@H](Cc2ccccc2)C(=O)NC2CCCC2)ccc1[N+](=O)[O-]. The molecule has 1 aliphatic rings. The van der Waals surface area contributed by atoms with E-state index in [-0.39, 0.29) is 35.7 Å². The lowest BCUT2D eigenvalue weighted by molar-refractivity contribution is -0.385. The minimum absolute atomic E-state index is 0.0146. The van der Waals surface area contributed by atoms with Crippen LogP contribution in [0.25, 0.3) is 0 Å². The van der Waals surface area contributed by atoms with Crippen molar-refractivity contribution >= 4 is 29.1 Å². The van der Waals surface area contributed by atoms with Gasteiger partial charge in [0.2, 0.25) is 11.7 Å². The Kier molecular flexibility index (Phi) is 9.96. The van der Waals surface area contributed by atoms with Crippen LogP contribution in [0.15, 0.2) is 72.8 Å². The molecule has 0 heterocycles. The fraction of sp³-hybridized carbons (Fsp3) is 0.333. The second-order valence-electron chi connectivity index (χ2n) is 9.69. The molecule has 0 saturated heterocycles. The Morgan fingerprint density at radius 1 is 1.07 bits per heavy atom. The number of nitro benzene ring substituents is 1. The average molecular weight is 566 g/mol. The molecule has 1 saturated carbocycles. The second kappa shape index (κ2) is 13.8. The number of nitrogens with one attached hydrogen (secondary N) is 1. The topological polar surface area (TPSA) is 111 Å². The third kappa shape index (κ3) is 7.51. The molecule has 0 bridgehead atoms. The molecular formula is C30H32ClN3O6. The summed E-state index contributed by atoms with van der Waals surface area (Å²) in [6.07, 6.45) is 4.24. The molecule has 3 aromatic rings. The molecule has 0 unspecified atom stereocenters. The fourth-order valence-electron chi connectivity index (χ4n) is 4.86. The van der Waals surface area contributed by atoms with Crippen LogP contribution in [0.2, 0.25) is 5.02 Å². The zero-order chi connectivity index (χ0) is 28.5. The lowest BCUT2D eigenvalue weighted by Gasteiger charge is -2.32. The Balaban J connectivity index is 1.62. The summed E-state index contributed by atoms with van der Waals surface area (Å²) in [7, 11) is 1.32. The Morgan fingerprint density at radius 3 is 2.45 bits per heavy atom. The van der Waals surface area contributed by atoms with E-state index in [1.807, 2.05) is 42.5 Å². The number of nitro groups is 1. The maximum absolute atomic E-state index is 13.8. The van der Waals surface area contributed by atoms with Gasteiger partial charge in [0, 0.05) is 36.2 Å². The second-order valence-corrected chi connectivity index (χ2v) is 10.1. The van der Waals surface area contributed by atoms with Crippen LogP contribution in [-0.4, -0.2) is 47.4 Å². The van der Waals surface area contributed by atoms with Crippen molar-refractivity contribution < 1.29 is 24.0 Å². The largest absolute Gasteiger partial charge is 0.490 e. The number of rotatable bonds is 12. The van der Waals surface area contributed by atoms with E-state index in [9.17, 15) is 19.7 Å². The van der Waals surface area contributed by atoms with Gasteiger partial charge in [-0.1, -0.05) is 73.0 Å². The number of methoxy groups -OCH3 is 1. The molecular weight excluding hydrogens is 534 g/mol. The van der Waals surface area contributed by atoms with Gasteiger partial charge in [0.15, 0.2) is 6.61 Å². The number of carbonyl (C=O) groups excluding carboxylic acids is 2. The van der Waals surface area contributed by atoms with Crippen LogP contribution in [0.3, 0.4) is 0 Å². The molecule has 0 aliphatic heterocycles. The van der Waals surface area contributed by atoms with Gasteiger partial charge < -0.3 is 19.7 Å². The van der Waals surface area contributed by atoms with Crippen molar-refractivity contribution in [3.63, 3.8) is 0 Å². The van der Waals surface area contributed by atoms with Crippen molar-refractivity contribution in [2.45, 2.75) is 50.7 Å². The normalized spacial score (nSPS) is 13.8. The van der Waals surface area contributed by atoms with Crippen LogP contribution in [0.5, 0.6) is 11.5 Å². The molecule has 1 aliphatic carbocycles. The first-order valence-corrected chi connectivity index (χ1v) is 13.6. The number of hydrogen-bond acceptors (Lipinski definition) is 6. The third-order valence-corrected chi connectivity index (χ3v) is 7.35. The number of nitrogens with zero attached hydrogens (tertiary/aromatic N) is 2. The first-order chi connectivity index (χ1) is 19.4. The Labute approximate surface area is 238 Å². The van der Waals surface area contributed by atoms with E-state index in [1.165, 1.54) is 30.2 Å². The maximum atomic E-state index is 13.8. The number of benzene rings is 3. The summed E-state index contributed by atoms with van der Waals surface area (Å²) in [5.41, 5.74) is 1.39. The van der Waals surface area contributed by atoms with Crippen LogP contribution < -0.4 is 14.8 Å². The zero-order valence-corrected chi connectivity index (χ0v) is 23.0. The summed E-state index contributed by atoms with van der Waals surface area (Å²) < 4.78 is 10.9. The highest BCUT2D eigenvalue weighted by Gasteiger charge is 2.33. The van der Waals surface area contributed by atoms with Crippen LogP contribution >= 0.6 is 11.6 Å². The van der Waals surface area contributed by atoms with E-state index in [4.69, 9.17) is 21.1 Å². The van der Waals surface area contributed by atoms with Gasteiger partial charge in [0.25, 0.3) is 5.91 Å². The fourth-order valence-corrected chi connectivity index (χ4v) is 5.05. The Bertz CT molecular complexity index is 1330. The molecule has 0 radical (unpaired) electrons. The number of halogens is 1. The smallest absolute Gasteiger partial charge is 0.311 e. The van der Waals surface area contributed by atoms with Gasteiger partial charge in [-0.15, -0.1) is 0 Å². The summed E-state index contributed by atoms with van der Waals surface area (Å²) >= 11 is 6.46. The Hall–Kier alpha value is -4.11. The highest BCUT2D eigenvalue weighted by Crippen LogP contribution is 2.31. The average Bonchev–Trinajstić information content (AvgIpc) is 3.47. The van der Waals surface area contributed by atoms with Gasteiger partial charge in [0.05, 0.1) is 12.0 Å². The van der Waals surface area contributed by atoms with Gasteiger partial charge in [-0.25, -0.2) is 0 Å².